The number of H-pyrrole nitrogens is 1. The van der Waals surface area contributed by atoms with Gasteiger partial charge in [0.1, 0.15) is 23.4 Å². The molecule has 27 heavy (non-hydrogen) atoms. The molecule has 0 saturated heterocycles. The molecule has 1 aromatic carbocycles. The predicted octanol–water partition coefficient (Wildman–Crippen LogP) is 3.43. The number of nitrogens with one attached hydrogen (secondary N) is 3. The Hall–Kier alpha value is -3.81. The number of anilines is 3. The number of carbonyl (C=O) groups is 1. The highest BCUT2D eigenvalue weighted by Gasteiger charge is 2.14. The van der Waals surface area contributed by atoms with Crippen LogP contribution in [0.15, 0.2) is 49.2 Å². The zero-order valence-corrected chi connectivity index (χ0v) is 14.8. The van der Waals surface area contributed by atoms with Crippen LogP contribution in [0.5, 0.6) is 0 Å². The average Bonchev–Trinajstić information content (AvgIpc) is 3.13. The van der Waals surface area contributed by atoms with E-state index in [1.807, 2.05) is 37.3 Å². The van der Waals surface area contributed by atoms with Gasteiger partial charge in [-0.3, -0.25) is 4.79 Å². The van der Waals surface area contributed by atoms with Crippen LogP contribution in [0, 0.1) is 6.92 Å². The lowest BCUT2D eigenvalue weighted by Gasteiger charge is -2.14. The Kier molecular flexibility index (Phi) is 4.21. The summed E-state index contributed by atoms with van der Waals surface area (Å²) in [6.07, 6.45) is 4.79. The molecule has 3 heterocycles. The Morgan fingerprint density at radius 2 is 2.00 bits per heavy atom. The van der Waals surface area contributed by atoms with Gasteiger partial charge < -0.3 is 15.6 Å². The van der Waals surface area contributed by atoms with E-state index in [1.54, 1.807) is 12.5 Å². The number of nitrogens with zero attached hydrogens (tertiary/aromatic N) is 4. The first kappa shape index (κ1) is 16.6. The van der Waals surface area contributed by atoms with Crippen LogP contribution in [-0.4, -0.2) is 30.8 Å². The van der Waals surface area contributed by atoms with E-state index in [9.17, 15) is 4.79 Å². The largest absolute Gasteiger partial charge is 0.341 e. The maximum absolute atomic E-state index is 11.3. The molecule has 8 nitrogen and oxygen atoms in total. The van der Waals surface area contributed by atoms with Crippen molar-refractivity contribution in [2.75, 3.05) is 10.6 Å². The van der Waals surface area contributed by atoms with Gasteiger partial charge in [-0.1, -0.05) is 6.07 Å². The highest BCUT2D eigenvalue weighted by atomic mass is 16.1. The fourth-order valence-corrected chi connectivity index (χ4v) is 2.83. The van der Waals surface area contributed by atoms with E-state index < -0.39 is 0 Å². The minimum Gasteiger partial charge on any atom is -0.341 e. The lowest BCUT2D eigenvalue weighted by Crippen LogP contribution is -2.06. The van der Waals surface area contributed by atoms with E-state index in [1.165, 1.54) is 13.3 Å². The Bertz CT molecular complexity index is 1140. The molecule has 4 aromatic rings. The summed E-state index contributed by atoms with van der Waals surface area (Å²) in [5.74, 6) is 0.529. The number of aromatic amines is 1. The van der Waals surface area contributed by atoms with Crippen molar-refractivity contribution in [3.63, 3.8) is 0 Å². The molecule has 0 atom stereocenters. The Balaban J connectivity index is 1.77. The number of imidazole rings is 1. The molecule has 0 aliphatic rings. The Morgan fingerprint density at radius 3 is 2.85 bits per heavy atom. The third-order valence-corrected chi connectivity index (χ3v) is 4.10. The Labute approximate surface area is 155 Å². The molecule has 0 fully saturated rings. The SMILES string of the molecule is CC(=O)Nc1ccc(C)c(Nc2ncccc2-c2ncnc3nc[nH]c23)c1. The summed E-state index contributed by atoms with van der Waals surface area (Å²) in [7, 11) is 0. The molecule has 1 amide bonds. The first-order valence-electron chi connectivity index (χ1n) is 8.36. The molecule has 0 aliphatic carbocycles. The number of hydrogen-bond donors (Lipinski definition) is 3. The lowest BCUT2D eigenvalue weighted by atomic mass is 10.1. The van der Waals surface area contributed by atoms with Crippen molar-refractivity contribution in [3.8, 4) is 11.3 Å². The van der Waals surface area contributed by atoms with Crippen LogP contribution in [0.1, 0.15) is 12.5 Å². The van der Waals surface area contributed by atoms with Gasteiger partial charge in [0.05, 0.1) is 6.33 Å². The maximum atomic E-state index is 11.3. The number of benzene rings is 1. The summed E-state index contributed by atoms with van der Waals surface area (Å²) in [4.78, 5) is 31.7. The van der Waals surface area contributed by atoms with Crippen molar-refractivity contribution >= 4 is 34.3 Å². The van der Waals surface area contributed by atoms with Gasteiger partial charge in [0.15, 0.2) is 5.65 Å². The van der Waals surface area contributed by atoms with Crippen molar-refractivity contribution in [1.29, 1.82) is 0 Å². The molecular weight excluding hydrogens is 342 g/mol. The van der Waals surface area contributed by atoms with Gasteiger partial charge >= 0.3 is 0 Å². The lowest BCUT2D eigenvalue weighted by molar-refractivity contribution is -0.114. The number of rotatable bonds is 4. The van der Waals surface area contributed by atoms with Crippen LogP contribution < -0.4 is 10.6 Å². The molecular formula is C19H17N7O. The number of aromatic nitrogens is 5. The van der Waals surface area contributed by atoms with Crippen LogP contribution in [0.3, 0.4) is 0 Å². The second-order valence-electron chi connectivity index (χ2n) is 6.06. The smallest absolute Gasteiger partial charge is 0.221 e. The van der Waals surface area contributed by atoms with Gasteiger partial charge in [-0.15, -0.1) is 0 Å². The van der Waals surface area contributed by atoms with Crippen LogP contribution in [0.4, 0.5) is 17.2 Å². The number of amides is 1. The van der Waals surface area contributed by atoms with Crippen molar-refractivity contribution in [1.82, 2.24) is 24.9 Å². The predicted molar refractivity (Wildman–Crippen MR) is 104 cm³/mol. The summed E-state index contributed by atoms with van der Waals surface area (Å²) in [6, 6.07) is 9.46. The van der Waals surface area contributed by atoms with Crippen molar-refractivity contribution in [3.05, 3.63) is 54.7 Å². The zero-order chi connectivity index (χ0) is 18.8. The van der Waals surface area contributed by atoms with E-state index in [0.29, 0.717) is 22.8 Å². The van der Waals surface area contributed by atoms with Gasteiger partial charge in [0.2, 0.25) is 5.91 Å². The summed E-state index contributed by atoms with van der Waals surface area (Å²) < 4.78 is 0. The molecule has 0 spiro atoms. The Morgan fingerprint density at radius 1 is 1.11 bits per heavy atom. The van der Waals surface area contributed by atoms with E-state index in [2.05, 4.69) is 35.6 Å². The van der Waals surface area contributed by atoms with E-state index >= 15 is 0 Å². The fourth-order valence-electron chi connectivity index (χ4n) is 2.83. The molecule has 4 rings (SSSR count). The van der Waals surface area contributed by atoms with Crippen LogP contribution in [0.2, 0.25) is 0 Å². The van der Waals surface area contributed by atoms with Crippen LogP contribution in [0.25, 0.3) is 22.4 Å². The summed E-state index contributed by atoms with van der Waals surface area (Å²) in [5.41, 5.74) is 5.45. The van der Waals surface area contributed by atoms with Crippen LogP contribution >= 0.6 is 0 Å². The highest BCUT2D eigenvalue weighted by Crippen LogP contribution is 2.31. The molecule has 0 radical (unpaired) electrons. The summed E-state index contributed by atoms with van der Waals surface area (Å²) >= 11 is 0. The zero-order valence-electron chi connectivity index (χ0n) is 14.8. The number of pyridine rings is 1. The van der Waals surface area contributed by atoms with Crippen molar-refractivity contribution in [2.24, 2.45) is 0 Å². The van der Waals surface area contributed by atoms with Gasteiger partial charge in [-0.25, -0.2) is 19.9 Å². The number of fused-ring (bicyclic) bond motifs is 1. The first-order chi connectivity index (χ1) is 13.1. The van der Waals surface area contributed by atoms with E-state index in [0.717, 1.165) is 22.3 Å². The van der Waals surface area contributed by atoms with Gasteiger partial charge in [-0.2, -0.15) is 0 Å². The normalized spacial score (nSPS) is 10.7. The molecule has 3 aromatic heterocycles. The highest BCUT2D eigenvalue weighted by molar-refractivity contribution is 5.92. The standard InChI is InChI=1S/C19H17N7O/c1-11-5-6-13(25-12(2)27)8-15(11)26-18-14(4-3-7-20-18)16-17-19(23-9-21-16)24-10-22-17/h3-10H,1-2H3,(H,20,26)(H,25,27)(H,21,22,23,24). The molecule has 0 bridgehead atoms. The third kappa shape index (κ3) is 3.32. The fraction of sp³-hybridized carbons (Fsp3) is 0.105. The molecule has 0 aliphatic heterocycles. The molecule has 3 N–H and O–H groups in total. The van der Waals surface area contributed by atoms with Crippen molar-refractivity contribution in [2.45, 2.75) is 13.8 Å². The average molecular weight is 359 g/mol. The van der Waals surface area contributed by atoms with Gasteiger partial charge in [-0.05, 0) is 36.8 Å². The van der Waals surface area contributed by atoms with Gasteiger partial charge in [0.25, 0.3) is 0 Å². The molecule has 0 unspecified atom stereocenters. The second-order valence-corrected chi connectivity index (χ2v) is 6.06. The maximum Gasteiger partial charge on any atom is 0.221 e. The van der Waals surface area contributed by atoms with Crippen LogP contribution in [-0.2, 0) is 4.79 Å². The summed E-state index contributed by atoms with van der Waals surface area (Å²) in [6.45, 7) is 3.47. The summed E-state index contributed by atoms with van der Waals surface area (Å²) in [5, 5.41) is 6.14. The number of carbonyl (C=O) groups excluding carboxylic acids is 1. The second kappa shape index (κ2) is 6.83. The minimum atomic E-state index is -0.119. The topological polar surface area (TPSA) is 108 Å². The quantitative estimate of drug-likeness (QED) is 0.515. The van der Waals surface area contributed by atoms with E-state index in [4.69, 9.17) is 0 Å². The van der Waals surface area contributed by atoms with Gasteiger partial charge in [0, 0.05) is 30.1 Å². The molecule has 8 heteroatoms. The number of hydrogen-bond acceptors (Lipinski definition) is 6. The monoisotopic (exact) mass is 359 g/mol. The molecule has 134 valence electrons. The number of aryl methyl sites for hydroxylation is 1. The minimum absolute atomic E-state index is 0.119. The third-order valence-electron chi connectivity index (χ3n) is 4.10. The van der Waals surface area contributed by atoms with E-state index in [-0.39, 0.29) is 5.91 Å². The first-order valence-corrected chi connectivity index (χ1v) is 8.36. The van der Waals surface area contributed by atoms with Crippen molar-refractivity contribution < 1.29 is 4.79 Å². The molecule has 0 saturated carbocycles.